The van der Waals surface area contributed by atoms with E-state index >= 15 is 0 Å². The van der Waals surface area contributed by atoms with Gasteiger partial charge in [-0.05, 0) is 24.1 Å². The van der Waals surface area contributed by atoms with Crippen LogP contribution in [0, 0.1) is 5.82 Å². The quantitative estimate of drug-likeness (QED) is 0.792. The van der Waals surface area contributed by atoms with Gasteiger partial charge in [0, 0.05) is 0 Å². The summed E-state index contributed by atoms with van der Waals surface area (Å²) in [5.74, 6) is -0.474. The summed E-state index contributed by atoms with van der Waals surface area (Å²) in [4.78, 5) is 11.5. The Kier molecular flexibility index (Phi) is 4.92. The van der Waals surface area contributed by atoms with Crippen LogP contribution in [0.2, 0.25) is 0 Å². The molecule has 0 fully saturated rings. The second kappa shape index (κ2) is 6.23. The maximum atomic E-state index is 12.6. The van der Waals surface area contributed by atoms with E-state index in [1.807, 2.05) is 6.92 Å². The van der Waals surface area contributed by atoms with E-state index in [1.54, 1.807) is 12.1 Å². The molecule has 3 nitrogen and oxygen atoms in total. The van der Waals surface area contributed by atoms with Gasteiger partial charge in [0.05, 0.1) is 19.1 Å². The minimum atomic E-state index is -0.314. The largest absolute Gasteiger partial charge is 0.394 e. The summed E-state index contributed by atoms with van der Waals surface area (Å²) in [5.41, 5.74) is 0.756. The number of aliphatic hydroxyl groups excluding tert-OH is 1. The highest BCUT2D eigenvalue weighted by molar-refractivity contribution is 5.78. The van der Waals surface area contributed by atoms with Crippen LogP contribution in [0.25, 0.3) is 0 Å². The summed E-state index contributed by atoms with van der Waals surface area (Å²) < 4.78 is 12.6. The molecule has 1 amide bonds. The molecule has 1 atom stereocenters. The smallest absolute Gasteiger partial charge is 0.224 e. The fourth-order valence-electron chi connectivity index (χ4n) is 1.34. The van der Waals surface area contributed by atoms with Crippen LogP contribution in [0.5, 0.6) is 0 Å². The maximum Gasteiger partial charge on any atom is 0.224 e. The molecule has 1 unspecified atom stereocenters. The van der Waals surface area contributed by atoms with Crippen LogP contribution in [-0.2, 0) is 11.2 Å². The number of benzene rings is 1. The highest BCUT2D eigenvalue weighted by Crippen LogP contribution is 2.03. The highest BCUT2D eigenvalue weighted by Gasteiger charge is 2.09. The Hall–Kier alpha value is -1.42. The molecule has 0 radical (unpaired) electrons. The molecular weight excluding hydrogens is 209 g/mol. The van der Waals surface area contributed by atoms with Crippen molar-refractivity contribution in [1.82, 2.24) is 5.32 Å². The first-order valence-electron chi connectivity index (χ1n) is 5.30. The van der Waals surface area contributed by atoms with E-state index in [0.717, 1.165) is 5.56 Å². The van der Waals surface area contributed by atoms with Gasteiger partial charge in [-0.25, -0.2) is 4.39 Å². The number of hydrogen-bond donors (Lipinski definition) is 2. The Labute approximate surface area is 94.3 Å². The molecule has 16 heavy (non-hydrogen) atoms. The van der Waals surface area contributed by atoms with Gasteiger partial charge in [-0.2, -0.15) is 0 Å². The molecular formula is C12H16FNO2. The number of amides is 1. The molecule has 0 aliphatic carbocycles. The Morgan fingerprint density at radius 3 is 2.56 bits per heavy atom. The third kappa shape index (κ3) is 3.98. The topological polar surface area (TPSA) is 49.3 Å². The number of rotatable bonds is 5. The van der Waals surface area contributed by atoms with Crippen LogP contribution in [0.15, 0.2) is 24.3 Å². The van der Waals surface area contributed by atoms with Crippen molar-refractivity contribution in [3.8, 4) is 0 Å². The predicted molar refractivity (Wildman–Crippen MR) is 59.4 cm³/mol. The number of carbonyl (C=O) groups is 1. The summed E-state index contributed by atoms with van der Waals surface area (Å²) in [7, 11) is 0. The minimum Gasteiger partial charge on any atom is -0.394 e. The third-order valence-electron chi connectivity index (χ3n) is 2.36. The first-order valence-corrected chi connectivity index (χ1v) is 5.30. The van der Waals surface area contributed by atoms with Gasteiger partial charge in [0.1, 0.15) is 5.82 Å². The number of nitrogens with one attached hydrogen (secondary N) is 1. The van der Waals surface area contributed by atoms with Gasteiger partial charge in [0.2, 0.25) is 5.91 Å². The lowest BCUT2D eigenvalue weighted by molar-refractivity contribution is -0.121. The van der Waals surface area contributed by atoms with Crippen molar-refractivity contribution in [3.05, 3.63) is 35.6 Å². The van der Waals surface area contributed by atoms with Crippen molar-refractivity contribution in [2.75, 3.05) is 6.61 Å². The molecule has 2 N–H and O–H groups in total. The molecule has 0 aromatic heterocycles. The van der Waals surface area contributed by atoms with E-state index < -0.39 is 0 Å². The lowest BCUT2D eigenvalue weighted by atomic mass is 10.1. The summed E-state index contributed by atoms with van der Waals surface area (Å²) >= 11 is 0. The zero-order valence-corrected chi connectivity index (χ0v) is 9.24. The lowest BCUT2D eigenvalue weighted by Gasteiger charge is -2.13. The molecule has 1 aromatic rings. The zero-order chi connectivity index (χ0) is 12.0. The van der Waals surface area contributed by atoms with Gasteiger partial charge in [-0.3, -0.25) is 4.79 Å². The molecule has 1 aromatic carbocycles. The fraction of sp³-hybridized carbons (Fsp3) is 0.417. The van der Waals surface area contributed by atoms with E-state index in [2.05, 4.69) is 5.32 Å². The van der Waals surface area contributed by atoms with E-state index in [0.29, 0.717) is 6.42 Å². The van der Waals surface area contributed by atoms with Crippen LogP contribution < -0.4 is 5.32 Å². The second-order valence-electron chi connectivity index (χ2n) is 3.66. The van der Waals surface area contributed by atoms with Gasteiger partial charge >= 0.3 is 0 Å². The minimum absolute atomic E-state index is 0.0638. The summed E-state index contributed by atoms with van der Waals surface area (Å²) in [5, 5.41) is 11.6. The zero-order valence-electron chi connectivity index (χ0n) is 9.24. The standard InChI is InChI=1S/C12H16FNO2/c1-2-11(8-15)14-12(16)7-9-3-5-10(13)6-4-9/h3-6,11,15H,2,7-8H2,1H3,(H,14,16). The van der Waals surface area contributed by atoms with Crippen LogP contribution >= 0.6 is 0 Å². The first-order chi connectivity index (χ1) is 7.65. The Morgan fingerprint density at radius 2 is 2.06 bits per heavy atom. The first kappa shape index (κ1) is 12.6. The van der Waals surface area contributed by atoms with E-state index in [-0.39, 0.29) is 30.8 Å². The monoisotopic (exact) mass is 225 g/mol. The van der Waals surface area contributed by atoms with Crippen LogP contribution in [-0.4, -0.2) is 23.7 Å². The van der Waals surface area contributed by atoms with Crippen molar-refractivity contribution >= 4 is 5.91 Å². The molecule has 0 spiro atoms. The van der Waals surface area contributed by atoms with Crippen LogP contribution in [0.4, 0.5) is 4.39 Å². The molecule has 0 saturated carbocycles. The number of carbonyl (C=O) groups excluding carboxylic acids is 1. The molecule has 0 aliphatic heterocycles. The van der Waals surface area contributed by atoms with Crippen molar-refractivity contribution < 1.29 is 14.3 Å². The second-order valence-corrected chi connectivity index (χ2v) is 3.66. The SMILES string of the molecule is CCC(CO)NC(=O)Cc1ccc(F)cc1. The lowest BCUT2D eigenvalue weighted by Crippen LogP contribution is -2.37. The fourth-order valence-corrected chi connectivity index (χ4v) is 1.34. The maximum absolute atomic E-state index is 12.6. The molecule has 88 valence electrons. The number of aliphatic hydroxyl groups is 1. The molecule has 1 rings (SSSR count). The van der Waals surface area contributed by atoms with E-state index in [4.69, 9.17) is 5.11 Å². The average Bonchev–Trinajstić information content (AvgIpc) is 2.29. The Balaban J connectivity index is 2.48. The molecule has 0 heterocycles. The molecule has 4 heteroatoms. The Bertz CT molecular complexity index is 333. The summed E-state index contributed by atoms with van der Waals surface area (Å²) in [6, 6.07) is 5.61. The molecule has 0 aliphatic rings. The van der Waals surface area contributed by atoms with Gasteiger partial charge < -0.3 is 10.4 Å². The van der Waals surface area contributed by atoms with Crippen LogP contribution in [0.3, 0.4) is 0 Å². The third-order valence-corrected chi connectivity index (χ3v) is 2.36. The highest BCUT2D eigenvalue weighted by atomic mass is 19.1. The van der Waals surface area contributed by atoms with Gasteiger partial charge in [0.25, 0.3) is 0 Å². The number of halogens is 1. The van der Waals surface area contributed by atoms with Gasteiger partial charge in [0.15, 0.2) is 0 Å². The average molecular weight is 225 g/mol. The van der Waals surface area contributed by atoms with Gasteiger partial charge in [-0.1, -0.05) is 19.1 Å². The molecule has 0 saturated heterocycles. The van der Waals surface area contributed by atoms with Crippen molar-refractivity contribution in [1.29, 1.82) is 0 Å². The van der Waals surface area contributed by atoms with Crippen molar-refractivity contribution in [3.63, 3.8) is 0 Å². The normalized spacial score (nSPS) is 12.2. The van der Waals surface area contributed by atoms with E-state index in [1.165, 1.54) is 12.1 Å². The Morgan fingerprint density at radius 1 is 1.44 bits per heavy atom. The van der Waals surface area contributed by atoms with Gasteiger partial charge in [-0.15, -0.1) is 0 Å². The van der Waals surface area contributed by atoms with Crippen LogP contribution in [0.1, 0.15) is 18.9 Å². The number of hydrogen-bond acceptors (Lipinski definition) is 2. The van der Waals surface area contributed by atoms with Crippen molar-refractivity contribution in [2.24, 2.45) is 0 Å². The van der Waals surface area contributed by atoms with E-state index in [9.17, 15) is 9.18 Å². The summed E-state index contributed by atoms with van der Waals surface area (Å²) in [6.45, 7) is 1.82. The molecule has 0 bridgehead atoms. The predicted octanol–water partition coefficient (Wildman–Crippen LogP) is 1.26. The summed E-state index contributed by atoms with van der Waals surface area (Å²) in [6.07, 6.45) is 0.891. The van der Waals surface area contributed by atoms with Crippen molar-refractivity contribution in [2.45, 2.75) is 25.8 Å².